The Labute approximate surface area is 281 Å². The van der Waals surface area contributed by atoms with Gasteiger partial charge in [-0.25, -0.2) is 19.2 Å². The first-order valence-corrected chi connectivity index (χ1v) is 15.8. The summed E-state index contributed by atoms with van der Waals surface area (Å²) in [6, 6.07) is 17.4. The van der Waals surface area contributed by atoms with Gasteiger partial charge >= 0.3 is 24.4 Å². The van der Waals surface area contributed by atoms with Crippen LogP contribution in [0.5, 0.6) is 0 Å². The van der Waals surface area contributed by atoms with Crippen molar-refractivity contribution in [2.24, 2.45) is 0 Å². The van der Waals surface area contributed by atoms with Crippen LogP contribution in [0.4, 0.5) is 19.2 Å². The summed E-state index contributed by atoms with van der Waals surface area (Å²) in [5.74, 6) is 0. The molecule has 4 amide bonds. The molecule has 0 saturated carbocycles. The molecule has 2 heterocycles. The quantitative estimate of drug-likeness (QED) is 0.331. The lowest BCUT2D eigenvalue weighted by atomic mass is 10.2. The van der Waals surface area contributed by atoms with E-state index in [4.69, 9.17) is 18.9 Å². The summed E-state index contributed by atoms with van der Waals surface area (Å²) in [4.78, 5) is 50.4. The molecule has 2 aliphatic heterocycles. The first kappa shape index (κ1) is 37.9. The summed E-state index contributed by atoms with van der Waals surface area (Å²) in [5.41, 5.74) is 0.523. The third-order valence-electron chi connectivity index (χ3n) is 6.91. The molecule has 264 valence electrons. The number of hydrogen-bond donors (Lipinski definition) is 4. The summed E-state index contributed by atoms with van der Waals surface area (Å²) in [5, 5.41) is 25.2. The SMILES string of the molecule is CC(C)(C)OC(=O)N1C[C@@H](O)[C@H](NC(=O)OCc2ccccc2)C1.CC(C)(C)OC(=O)N1C[C@H](NC(=O)OCc2ccccc2)[C@@H](O)C1. The molecule has 2 aliphatic rings. The van der Waals surface area contributed by atoms with Gasteiger partial charge < -0.3 is 49.6 Å². The van der Waals surface area contributed by atoms with Crippen molar-refractivity contribution < 1.29 is 48.3 Å². The zero-order chi connectivity index (χ0) is 35.5. The van der Waals surface area contributed by atoms with E-state index in [-0.39, 0.29) is 39.4 Å². The molecule has 48 heavy (non-hydrogen) atoms. The van der Waals surface area contributed by atoms with E-state index in [0.717, 1.165) is 11.1 Å². The summed E-state index contributed by atoms with van der Waals surface area (Å²) in [6.07, 6.45) is -4.00. The van der Waals surface area contributed by atoms with Crippen LogP contribution in [0.3, 0.4) is 0 Å². The molecule has 4 atom stereocenters. The first-order valence-electron chi connectivity index (χ1n) is 15.8. The van der Waals surface area contributed by atoms with Gasteiger partial charge in [-0.15, -0.1) is 0 Å². The second kappa shape index (κ2) is 17.0. The van der Waals surface area contributed by atoms with Crippen LogP contribution in [0.2, 0.25) is 0 Å². The van der Waals surface area contributed by atoms with Crippen molar-refractivity contribution in [2.75, 3.05) is 26.2 Å². The number of amides is 4. The molecule has 2 fully saturated rings. The molecular formula is C34H48N4O10. The topological polar surface area (TPSA) is 176 Å². The molecule has 14 heteroatoms. The number of nitrogens with one attached hydrogen (secondary N) is 2. The highest BCUT2D eigenvalue weighted by atomic mass is 16.6. The fourth-order valence-corrected chi connectivity index (χ4v) is 4.64. The predicted molar refractivity (Wildman–Crippen MR) is 175 cm³/mol. The fourth-order valence-electron chi connectivity index (χ4n) is 4.64. The van der Waals surface area contributed by atoms with Crippen LogP contribution in [0, 0.1) is 0 Å². The van der Waals surface area contributed by atoms with Gasteiger partial charge in [-0.1, -0.05) is 60.7 Å². The standard InChI is InChI=1S/2C17H24N2O5/c2*1-17(2,3)24-16(22)19-9-13(14(20)10-19)18-15(21)23-11-12-7-5-4-6-8-12/h2*4-8,13-14,20H,9-11H2,1-3H3,(H,18,21)/t2*13-,14-/m10/s1. The highest BCUT2D eigenvalue weighted by Crippen LogP contribution is 2.17. The van der Waals surface area contributed by atoms with Crippen LogP contribution in [0.15, 0.2) is 60.7 Å². The lowest BCUT2D eigenvalue weighted by Gasteiger charge is -2.24. The highest BCUT2D eigenvalue weighted by molar-refractivity contribution is 5.71. The van der Waals surface area contributed by atoms with E-state index in [1.54, 1.807) is 41.5 Å². The Bertz CT molecular complexity index is 1240. The lowest BCUT2D eigenvalue weighted by Crippen LogP contribution is -2.43. The molecular weight excluding hydrogens is 624 g/mol. The van der Waals surface area contributed by atoms with E-state index in [9.17, 15) is 29.4 Å². The van der Waals surface area contributed by atoms with E-state index in [0.29, 0.717) is 0 Å². The number of carbonyl (C=O) groups excluding carboxylic acids is 4. The number of aliphatic hydroxyl groups excluding tert-OH is 2. The number of likely N-dealkylation sites (tertiary alicyclic amines) is 2. The van der Waals surface area contributed by atoms with E-state index < -0.39 is 59.9 Å². The number of hydrogen-bond acceptors (Lipinski definition) is 10. The molecule has 0 bridgehead atoms. The highest BCUT2D eigenvalue weighted by Gasteiger charge is 2.38. The number of nitrogens with zero attached hydrogens (tertiary/aromatic N) is 2. The number of aliphatic hydroxyl groups is 2. The third-order valence-corrected chi connectivity index (χ3v) is 6.91. The number of carbonyl (C=O) groups is 4. The Kier molecular flexibility index (Phi) is 13.4. The second-order valence-electron chi connectivity index (χ2n) is 13.5. The van der Waals surface area contributed by atoms with Gasteiger partial charge in [-0.2, -0.15) is 0 Å². The molecule has 2 aromatic carbocycles. The van der Waals surface area contributed by atoms with Gasteiger partial charge in [0.25, 0.3) is 0 Å². The zero-order valence-electron chi connectivity index (χ0n) is 28.4. The Morgan fingerprint density at radius 1 is 0.625 bits per heavy atom. The van der Waals surface area contributed by atoms with Crippen LogP contribution in [-0.2, 0) is 32.2 Å². The van der Waals surface area contributed by atoms with Gasteiger partial charge in [0.05, 0.1) is 37.4 Å². The largest absolute Gasteiger partial charge is 0.445 e. The van der Waals surface area contributed by atoms with Crippen molar-refractivity contribution in [1.29, 1.82) is 0 Å². The average Bonchev–Trinajstić information content (AvgIpc) is 3.56. The van der Waals surface area contributed by atoms with Crippen molar-refractivity contribution in [1.82, 2.24) is 20.4 Å². The van der Waals surface area contributed by atoms with Crippen molar-refractivity contribution >= 4 is 24.4 Å². The molecule has 2 saturated heterocycles. The van der Waals surface area contributed by atoms with Crippen LogP contribution in [0.25, 0.3) is 0 Å². The Morgan fingerprint density at radius 3 is 1.27 bits per heavy atom. The minimum atomic E-state index is -0.859. The summed E-state index contributed by atoms with van der Waals surface area (Å²) < 4.78 is 20.8. The van der Waals surface area contributed by atoms with E-state index in [2.05, 4.69) is 10.6 Å². The zero-order valence-corrected chi connectivity index (χ0v) is 28.4. The number of ether oxygens (including phenoxy) is 4. The predicted octanol–water partition coefficient (Wildman–Crippen LogP) is 3.79. The Morgan fingerprint density at radius 2 is 0.958 bits per heavy atom. The van der Waals surface area contributed by atoms with Crippen LogP contribution in [-0.4, -0.2) is 106 Å². The lowest BCUT2D eigenvalue weighted by molar-refractivity contribution is 0.0261. The maximum atomic E-state index is 12.0. The van der Waals surface area contributed by atoms with Crippen LogP contribution >= 0.6 is 0 Å². The average molecular weight is 673 g/mol. The molecule has 4 rings (SSSR count). The first-order chi connectivity index (χ1) is 22.5. The third kappa shape index (κ3) is 13.3. The number of β-amino-alcohol motifs (C(OH)–C–C–N with tert-alkyl or cyclic N) is 2. The Hall–Kier alpha value is -4.56. The second-order valence-corrected chi connectivity index (χ2v) is 13.5. The number of rotatable bonds is 6. The Balaban J connectivity index is 0.000000260. The molecule has 0 radical (unpaired) electrons. The van der Waals surface area contributed by atoms with Gasteiger partial charge in [0.2, 0.25) is 0 Å². The van der Waals surface area contributed by atoms with Gasteiger partial charge in [0, 0.05) is 13.1 Å². The van der Waals surface area contributed by atoms with E-state index in [1.807, 2.05) is 60.7 Å². The monoisotopic (exact) mass is 672 g/mol. The van der Waals surface area contributed by atoms with Gasteiger partial charge in [0.1, 0.15) is 24.4 Å². The van der Waals surface area contributed by atoms with Crippen molar-refractivity contribution in [2.45, 2.75) is 90.2 Å². The van der Waals surface area contributed by atoms with Crippen molar-refractivity contribution in [3.05, 3.63) is 71.8 Å². The maximum absolute atomic E-state index is 12.0. The fraction of sp³-hybridized carbons (Fsp3) is 0.529. The molecule has 14 nitrogen and oxygen atoms in total. The smallest absolute Gasteiger partial charge is 0.410 e. The summed E-state index contributed by atoms with van der Waals surface area (Å²) in [7, 11) is 0. The van der Waals surface area contributed by atoms with Crippen molar-refractivity contribution in [3.63, 3.8) is 0 Å². The molecule has 0 aromatic heterocycles. The summed E-state index contributed by atoms with van der Waals surface area (Å²) >= 11 is 0. The number of benzene rings is 2. The van der Waals surface area contributed by atoms with E-state index in [1.165, 1.54) is 9.80 Å². The summed E-state index contributed by atoms with van der Waals surface area (Å²) in [6.45, 7) is 11.5. The molecule has 0 spiro atoms. The molecule has 0 aliphatic carbocycles. The van der Waals surface area contributed by atoms with Gasteiger partial charge in [-0.3, -0.25) is 0 Å². The van der Waals surface area contributed by atoms with E-state index >= 15 is 0 Å². The minimum absolute atomic E-state index is 0.110. The van der Waals surface area contributed by atoms with Crippen LogP contribution in [0.1, 0.15) is 52.7 Å². The normalized spacial score (nSPS) is 20.6. The minimum Gasteiger partial charge on any atom is -0.445 e. The molecule has 0 unspecified atom stereocenters. The van der Waals surface area contributed by atoms with Crippen molar-refractivity contribution in [3.8, 4) is 0 Å². The molecule has 4 N–H and O–H groups in total. The number of alkyl carbamates (subject to hydrolysis) is 2. The molecule has 2 aromatic rings. The van der Waals surface area contributed by atoms with Gasteiger partial charge in [-0.05, 0) is 52.7 Å². The maximum Gasteiger partial charge on any atom is 0.410 e. The van der Waals surface area contributed by atoms with Gasteiger partial charge in [0.15, 0.2) is 0 Å². The van der Waals surface area contributed by atoms with Crippen LogP contribution < -0.4 is 10.6 Å².